The lowest BCUT2D eigenvalue weighted by Crippen LogP contribution is -2.42. The third kappa shape index (κ3) is 10.3. The first-order valence-corrected chi connectivity index (χ1v) is 14.7. The first-order valence-electron chi connectivity index (χ1n) is 14.7. The van der Waals surface area contributed by atoms with Crippen molar-refractivity contribution in [1.29, 1.82) is 0 Å². The summed E-state index contributed by atoms with van der Waals surface area (Å²) >= 11 is 0. The minimum Gasteiger partial charge on any atom is -0.496 e. The second-order valence-corrected chi connectivity index (χ2v) is 10.3. The summed E-state index contributed by atoms with van der Waals surface area (Å²) < 4.78 is 5.88. The molecule has 0 aromatic heterocycles. The number of aliphatic imine (C=N–C) groups is 1. The van der Waals surface area contributed by atoms with Crippen molar-refractivity contribution in [2.75, 3.05) is 33.3 Å². The Bertz CT molecular complexity index is 930. The molecule has 212 valence electrons. The van der Waals surface area contributed by atoms with Gasteiger partial charge in [0.15, 0.2) is 0 Å². The number of ether oxygens (including phenoxy) is 1. The van der Waals surface area contributed by atoms with Gasteiger partial charge in [-0.25, -0.2) is 4.99 Å². The van der Waals surface area contributed by atoms with Crippen LogP contribution in [-0.4, -0.2) is 48.9 Å². The van der Waals surface area contributed by atoms with Gasteiger partial charge < -0.3 is 20.7 Å². The van der Waals surface area contributed by atoms with E-state index in [2.05, 4.69) is 67.2 Å². The molecule has 38 heavy (non-hydrogen) atoms. The minimum atomic E-state index is 0.639. The smallest absolute Gasteiger partial charge is 0.124 e. The Labute approximate surface area is 232 Å². The van der Waals surface area contributed by atoms with E-state index < -0.39 is 0 Å². The van der Waals surface area contributed by atoms with Crippen LogP contribution in [0.5, 0.6) is 5.75 Å². The highest BCUT2D eigenvalue weighted by Gasteiger charge is 2.19. The molecule has 1 aliphatic heterocycles. The lowest BCUT2D eigenvalue weighted by molar-refractivity contribution is 0.233. The monoisotopic (exact) mass is 523 g/mol. The van der Waals surface area contributed by atoms with Crippen molar-refractivity contribution in [1.82, 2.24) is 15.1 Å². The number of nitrogens with zero attached hydrogens (tertiary/aromatic N) is 3. The fourth-order valence-electron chi connectivity index (χ4n) is 4.99. The Morgan fingerprint density at radius 1 is 1.08 bits per heavy atom. The number of methoxy groups -OCH3 is 1. The van der Waals surface area contributed by atoms with E-state index in [1.54, 1.807) is 7.11 Å². The van der Waals surface area contributed by atoms with Crippen LogP contribution >= 0.6 is 0 Å². The Morgan fingerprint density at radius 3 is 2.45 bits per heavy atom. The maximum Gasteiger partial charge on any atom is 0.124 e. The highest BCUT2D eigenvalue weighted by Crippen LogP contribution is 2.31. The number of nitrogens with two attached hydrogens (primary N) is 1. The zero-order valence-corrected chi connectivity index (χ0v) is 24.7. The van der Waals surface area contributed by atoms with Crippen LogP contribution in [0.25, 0.3) is 0 Å². The van der Waals surface area contributed by atoms with Crippen molar-refractivity contribution >= 4 is 5.84 Å². The second kappa shape index (κ2) is 17.8. The van der Waals surface area contributed by atoms with E-state index in [9.17, 15) is 0 Å². The van der Waals surface area contributed by atoms with Crippen LogP contribution in [-0.2, 0) is 13.1 Å². The van der Waals surface area contributed by atoms with Crippen LogP contribution in [0.2, 0.25) is 0 Å². The summed E-state index contributed by atoms with van der Waals surface area (Å²) in [5.74, 6) is 1.60. The molecule has 6 heteroatoms. The summed E-state index contributed by atoms with van der Waals surface area (Å²) in [5.41, 5.74) is 11.9. The third-order valence-corrected chi connectivity index (χ3v) is 7.03. The van der Waals surface area contributed by atoms with E-state index in [1.807, 2.05) is 6.20 Å². The largest absolute Gasteiger partial charge is 0.496 e. The van der Waals surface area contributed by atoms with Crippen LogP contribution < -0.4 is 15.8 Å². The van der Waals surface area contributed by atoms with E-state index >= 15 is 0 Å². The van der Waals surface area contributed by atoms with E-state index in [4.69, 9.17) is 15.5 Å². The Hall–Kier alpha value is -2.57. The average Bonchev–Trinajstić information content (AvgIpc) is 2.92. The first kappa shape index (κ1) is 31.6. The average molecular weight is 524 g/mol. The highest BCUT2D eigenvalue weighted by molar-refractivity contribution is 5.81. The van der Waals surface area contributed by atoms with Gasteiger partial charge in [0.2, 0.25) is 0 Å². The van der Waals surface area contributed by atoms with Gasteiger partial charge in [-0.05, 0) is 49.1 Å². The molecule has 0 bridgehead atoms. The number of hydrogen-bond acceptors (Lipinski definition) is 5. The fraction of sp³-hybridized carbons (Fsp3) is 0.594. The van der Waals surface area contributed by atoms with Crippen molar-refractivity contribution in [3.8, 4) is 5.75 Å². The maximum atomic E-state index is 6.37. The van der Waals surface area contributed by atoms with Crippen LogP contribution in [0.15, 0.2) is 59.5 Å². The number of rotatable bonds is 18. The molecular formula is C32H53N5O. The first-order chi connectivity index (χ1) is 18.5. The Balaban J connectivity index is 2.42. The van der Waals surface area contributed by atoms with E-state index in [-0.39, 0.29) is 0 Å². The molecule has 6 nitrogen and oxygen atoms in total. The predicted octanol–water partition coefficient (Wildman–Crippen LogP) is 6.74. The normalized spacial score (nSPS) is 15.2. The summed E-state index contributed by atoms with van der Waals surface area (Å²) in [5, 5.41) is 3.43. The molecule has 1 fully saturated rings. The van der Waals surface area contributed by atoms with Gasteiger partial charge in [-0.1, -0.05) is 71.7 Å². The summed E-state index contributed by atoms with van der Waals surface area (Å²) in [6.07, 6.45) is 11.2. The van der Waals surface area contributed by atoms with Crippen LogP contribution in [0, 0.1) is 0 Å². The van der Waals surface area contributed by atoms with E-state index in [0.29, 0.717) is 12.4 Å². The number of benzene rings is 1. The van der Waals surface area contributed by atoms with Gasteiger partial charge in [0.05, 0.1) is 30.9 Å². The summed E-state index contributed by atoms with van der Waals surface area (Å²) in [6.45, 7) is 21.1. The van der Waals surface area contributed by atoms with E-state index in [0.717, 1.165) is 99.5 Å². The van der Waals surface area contributed by atoms with Gasteiger partial charge in [-0.3, -0.25) is 4.90 Å². The highest BCUT2D eigenvalue weighted by atomic mass is 16.5. The van der Waals surface area contributed by atoms with Gasteiger partial charge in [-0.15, -0.1) is 0 Å². The Kier molecular flexibility index (Phi) is 14.9. The zero-order chi connectivity index (χ0) is 27.8. The van der Waals surface area contributed by atoms with Crippen molar-refractivity contribution < 1.29 is 4.74 Å². The molecule has 1 aliphatic rings. The summed E-state index contributed by atoms with van der Waals surface area (Å²) in [7, 11) is 1.76. The van der Waals surface area contributed by atoms with Crippen molar-refractivity contribution in [3.63, 3.8) is 0 Å². The molecule has 0 unspecified atom stereocenters. The minimum absolute atomic E-state index is 0.639. The Morgan fingerprint density at radius 2 is 1.82 bits per heavy atom. The van der Waals surface area contributed by atoms with Crippen molar-refractivity contribution in [2.45, 2.75) is 91.6 Å². The third-order valence-electron chi connectivity index (χ3n) is 7.03. The molecular weight excluding hydrogens is 470 g/mol. The molecule has 1 aromatic rings. The van der Waals surface area contributed by atoms with Crippen LogP contribution in [0.4, 0.5) is 0 Å². The topological polar surface area (TPSA) is 66.1 Å². The second-order valence-electron chi connectivity index (χ2n) is 10.3. The number of unbranched alkanes of at least 4 members (excludes halogenated alkanes) is 3. The van der Waals surface area contributed by atoms with E-state index in [1.165, 1.54) is 24.8 Å². The molecule has 2 rings (SSSR count). The van der Waals surface area contributed by atoms with Crippen LogP contribution in [0.1, 0.15) is 89.7 Å². The van der Waals surface area contributed by atoms with Gasteiger partial charge in [0, 0.05) is 44.7 Å². The number of piperazine rings is 1. The number of hydrogen-bond donors (Lipinski definition) is 2. The van der Waals surface area contributed by atoms with Crippen molar-refractivity contribution in [3.05, 3.63) is 65.7 Å². The summed E-state index contributed by atoms with van der Waals surface area (Å²) in [4.78, 5) is 9.67. The molecule has 1 heterocycles. The zero-order valence-electron chi connectivity index (χ0n) is 24.7. The fourth-order valence-corrected chi connectivity index (χ4v) is 4.99. The van der Waals surface area contributed by atoms with Crippen LogP contribution in [0.3, 0.4) is 0 Å². The molecule has 1 saturated heterocycles. The van der Waals surface area contributed by atoms with Gasteiger partial charge in [0.1, 0.15) is 5.75 Å². The molecule has 3 N–H and O–H groups in total. The van der Waals surface area contributed by atoms with Crippen molar-refractivity contribution in [2.24, 2.45) is 10.7 Å². The molecule has 0 aliphatic carbocycles. The molecule has 1 aromatic carbocycles. The standard InChI is InChI=1S/C32H53N5O/c1-7-11-12-13-16-29(35-31(33)15-9-3)32(26(5)14-8-2)37(10-4)25-28-18-17-27(23-30(28)38-6)24-36-21-19-34-20-22-36/h10,17-18,23,34H,4-5,7-9,11-16,19-22,24-25H2,1-3,6H3,(H2,33,35)/b32-29+. The number of allylic oxidation sites excluding steroid dienone is 2. The lowest BCUT2D eigenvalue weighted by Gasteiger charge is -2.29. The number of amidine groups is 1. The van der Waals surface area contributed by atoms with Gasteiger partial charge in [-0.2, -0.15) is 0 Å². The number of nitrogens with one attached hydrogen (secondary N) is 1. The molecule has 0 amide bonds. The van der Waals surface area contributed by atoms with Gasteiger partial charge >= 0.3 is 0 Å². The summed E-state index contributed by atoms with van der Waals surface area (Å²) in [6, 6.07) is 6.61. The predicted molar refractivity (Wildman–Crippen MR) is 163 cm³/mol. The lowest BCUT2D eigenvalue weighted by atomic mass is 10.0. The molecule has 0 atom stereocenters. The molecule has 0 spiro atoms. The molecule has 0 radical (unpaired) electrons. The molecule has 0 saturated carbocycles. The SMILES string of the molecule is C=CN(Cc1ccc(CN2CCNCC2)cc1OC)/C(C(=C)CCC)=C(\CCCCCC)N=C(N)CCC. The van der Waals surface area contributed by atoms with Gasteiger partial charge in [0.25, 0.3) is 0 Å². The quantitative estimate of drug-likeness (QED) is 0.0965. The maximum absolute atomic E-state index is 6.37.